The molecule has 1 atom stereocenters. The second kappa shape index (κ2) is 8.20. The van der Waals surface area contributed by atoms with Crippen LogP contribution in [0.1, 0.15) is 38.2 Å². The fraction of sp³-hybridized carbons (Fsp3) is 0.556. The van der Waals surface area contributed by atoms with Gasteiger partial charge in [0.1, 0.15) is 0 Å². The van der Waals surface area contributed by atoms with Gasteiger partial charge in [-0.1, -0.05) is 31.5 Å². The van der Waals surface area contributed by atoms with E-state index in [-0.39, 0.29) is 5.91 Å². The molecule has 0 bridgehead atoms. The quantitative estimate of drug-likeness (QED) is 0.870. The predicted molar refractivity (Wildman–Crippen MR) is 95.6 cm³/mol. The number of hydrogen-bond acceptors (Lipinski definition) is 5. The molecule has 1 saturated heterocycles. The fourth-order valence-electron chi connectivity index (χ4n) is 3.48. The first-order valence-electron chi connectivity index (χ1n) is 8.98. The van der Waals surface area contributed by atoms with E-state index in [4.69, 9.17) is 0 Å². The third-order valence-corrected chi connectivity index (χ3v) is 4.93. The maximum absolute atomic E-state index is 12.6. The first-order valence-corrected chi connectivity index (χ1v) is 8.98. The second-order valence-corrected chi connectivity index (χ2v) is 6.71. The van der Waals surface area contributed by atoms with Crippen LogP contribution < -0.4 is 0 Å². The SMILES string of the molecule is CC[C@H]1CCCCN1CC(=O)N(C)Cc1cccc(-c2nn[nH]n2)c1. The lowest BCUT2D eigenvalue weighted by Gasteiger charge is -2.35. The van der Waals surface area contributed by atoms with Crippen LogP contribution in [0.3, 0.4) is 0 Å². The lowest BCUT2D eigenvalue weighted by atomic mass is 10.00. The van der Waals surface area contributed by atoms with E-state index in [0.717, 1.165) is 24.1 Å². The Balaban J connectivity index is 1.60. The van der Waals surface area contributed by atoms with Crippen LogP contribution >= 0.6 is 0 Å². The number of benzene rings is 1. The third kappa shape index (κ3) is 4.42. The number of rotatable bonds is 6. The summed E-state index contributed by atoms with van der Waals surface area (Å²) in [5.74, 6) is 0.736. The summed E-state index contributed by atoms with van der Waals surface area (Å²) in [6.07, 6.45) is 4.80. The largest absolute Gasteiger partial charge is 0.340 e. The minimum atomic E-state index is 0.172. The van der Waals surface area contributed by atoms with Crippen molar-refractivity contribution in [2.45, 2.75) is 45.2 Å². The predicted octanol–water partition coefficient (Wildman–Crippen LogP) is 2.09. The summed E-state index contributed by atoms with van der Waals surface area (Å²) in [6, 6.07) is 8.47. The first kappa shape index (κ1) is 17.5. The summed E-state index contributed by atoms with van der Waals surface area (Å²) in [5, 5.41) is 14.1. The Morgan fingerprint density at radius 1 is 1.40 bits per heavy atom. The average molecular weight is 342 g/mol. The summed E-state index contributed by atoms with van der Waals surface area (Å²) in [6.45, 7) is 4.33. The van der Waals surface area contributed by atoms with Crippen LogP contribution in [0.5, 0.6) is 0 Å². The van der Waals surface area contributed by atoms with E-state index < -0.39 is 0 Å². The molecule has 1 aliphatic heterocycles. The molecule has 1 N–H and O–H groups in total. The summed E-state index contributed by atoms with van der Waals surface area (Å²) in [5.41, 5.74) is 1.96. The number of likely N-dealkylation sites (N-methyl/N-ethyl adjacent to an activating group) is 1. The Hall–Kier alpha value is -2.28. The summed E-state index contributed by atoms with van der Waals surface area (Å²) >= 11 is 0. The number of likely N-dealkylation sites (tertiary alicyclic amines) is 1. The van der Waals surface area contributed by atoms with Crippen molar-refractivity contribution in [1.82, 2.24) is 30.4 Å². The molecule has 7 nitrogen and oxygen atoms in total. The lowest BCUT2D eigenvalue weighted by molar-refractivity contribution is -0.132. The number of carbonyl (C=O) groups excluding carboxylic acids is 1. The number of amides is 1. The zero-order valence-electron chi connectivity index (χ0n) is 15.0. The van der Waals surface area contributed by atoms with Crippen LogP contribution in [0, 0.1) is 0 Å². The van der Waals surface area contributed by atoms with Gasteiger partial charge < -0.3 is 4.90 Å². The Labute approximate surface area is 148 Å². The van der Waals surface area contributed by atoms with Crippen molar-refractivity contribution in [2.75, 3.05) is 20.1 Å². The molecule has 3 rings (SSSR count). The highest BCUT2D eigenvalue weighted by Gasteiger charge is 2.24. The normalized spacial score (nSPS) is 18.2. The van der Waals surface area contributed by atoms with Gasteiger partial charge in [0, 0.05) is 25.2 Å². The number of aromatic amines is 1. The molecule has 1 aromatic carbocycles. The van der Waals surface area contributed by atoms with Crippen molar-refractivity contribution in [3.05, 3.63) is 29.8 Å². The Kier molecular flexibility index (Phi) is 5.75. The Morgan fingerprint density at radius 2 is 2.28 bits per heavy atom. The van der Waals surface area contributed by atoms with E-state index >= 15 is 0 Å². The van der Waals surface area contributed by atoms with Gasteiger partial charge >= 0.3 is 0 Å². The lowest BCUT2D eigenvalue weighted by Crippen LogP contribution is -2.45. The van der Waals surface area contributed by atoms with Crippen molar-refractivity contribution in [1.29, 1.82) is 0 Å². The van der Waals surface area contributed by atoms with Gasteiger partial charge in [-0.2, -0.15) is 5.21 Å². The van der Waals surface area contributed by atoms with Gasteiger partial charge in [-0.3, -0.25) is 9.69 Å². The van der Waals surface area contributed by atoms with Gasteiger partial charge in [-0.25, -0.2) is 0 Å². The van der Waals surface area contributed by atoms with Gasteiger partial charge in [-0.15, -0.1) is 10.2 Å². The molecule has 0 spiro atoms. The van der Waals surface area contributed by atoms with Crippen LogP contribution in [0.25, 0.3) is 11.4 Å². The van der Waals surface area contributed by atoms with Crippen LogP contribution in [-0.2, 0) is 11.3 Å². The highest BCUT2D eigenvalue weighted by atomic mass is 16.2. The number of nitrogens with one attached hydrogen (secondary N) is 1. The molecule has 0 saturated carbocycles. The monoisotopic (exact) mass is 342 g/mol. The van der Waals surface area contributed by atoms with Gasteiger partial charge in [0.15, 0.2) is 0 Å². The van der Waals surface area contributed by atoms with Gasteiger partial charge in [-0.05, 0) is 42.7 Å². The Morgan fingerprint density at radius 3 is 3.04 bits per heavy atom. The minimum Gasteiger partial charge on any atom is -0.340 e. The zero-order valence-corrected chi connectivity index (χ0v) is 15.0. The molecule has 2 heterocycles. The van der Waals surface area contributed by atoms with Crippen molar-refractivity contribution >= 4 is 5.91 Å². The molecule has 1 amide bonds. The molecule has 7 heteroatoms. The maximum atomic E-state index is 12.6. The van der Waals surface area contributed by atoms with Crippen LogP contribution in [0.4, 0.5) is 0 Å². The molecular formula is C18H26N6O. The maximum Gasteiger partial charge on any atom is 0.236 e. The van der Waals surface area contributed by atoms with Crippen LogP contribution in [0.2, 0.25) is 0 Å². The number of H-pyrrole nitrogens is 1. The Bertz CT molecular complexity index is 687. The topological polar surface area (TPSA) is 78.0 Å². The van der Waals surface area contributed by atoms with E-state index in [1.54, 1.807) is 4.90 Å². The van der Waals surface area contributed by atoms with Gasteiger partial charge in [0.25, 0.3) is 0 Å². The smallest absolute Gasteiger partial charge is 0.236 e. The van der Waals surface area contributed by atoms with Crippen molar-refractivity contribution < 1.29 is 4.79 Å². The standard InChI is InChI=1S/C18H26N6O/c1-3-16-9-4-5-10-24(16)13-17(25)23(2)12-14-7-6-8-15(11-14)18-19-21-22-20-18/h6-8,11,16H,3-5,9-10,12-13H2,1-2H3,(H,19,20,21,22)/t16-/m0/s1. The minimum absolute atomic E-state index is 0.172. The van der Waals surface area contributed by atoms with E-state index in [0.29, 0.717) is 25.0 Å². The molecule has 0 radical (unpaired) electrons. The average Bonchev–Trinajstić information content (AvgIpc) is 3.17. The van der Waals surface area contributed by atoms with E-state index in [1.165, 1.54) is 19.3 Å². The molecule has 1 fully saturated rings. The number of nitrogens with zero attached hydrogens (tertiary/aromatic N) is 5. The molecular weight excluding hydrogens is 316 g/mol. The zero-order chi connectivity index (χ0) is 17.6. The van der Waals surface area contributed by atoms with Gasteiger partial charge in [0.05, 0.1) is 6.54 Å². The van der Waals surface area contributed by atoms with Crippen molar-refractivity contribution in [3.63, 3.8) is 0 Å². The summed E-state index contributed by atoms with van der Waals surface area (Å²) in [7, 11) is 1.87. The van der Waals surface area contributed by atoms with E-state index in [2.05, 4.69) is 32.4 Å². The number of tetrazole rings is 1. The molecule has 1 aliphatic rings. The molecule has 25 heavy (non-hydrogen) atoms. The van der Waals surface area contributed by atoms with Crippen molar-refractivity contribution in [2.24, 2.45) is 0 Å². The van der Waals surface area contributed by atoms with E-state index in [1.807, 2.05) is 31.3 Å². The summed E-state index contributed by atoms with van der Waals surface area (Å²) < 4.78 is 0. The molecule has 0 aliphatic carbocycles. The fourth-order valence-corrected chi connectivity index (χ4v) is 3.48. The second-order valence-electron chi connectivity index (χ2n) is 6.71. The number of hydrogen-bond donors (Lipinski definition) is 1. The number of piperidine rings is 1. The number of aromatic nitrogens is 4. The first-order chi connectivity index (χ1) is 12.2. The molecule has 134 valence electrons. The van der Waals surface area contributed by atoms with Crippen LogP contribution in [0.15, 0.2) is 24.3 Å². The highest BCUT2D eigenvalue weighted by Crippen LogP contribution is 2.20. The molecule has 0 unspecified atom stereocenters. The van der Waals surface area contributed by atoms with Crippen LogP contribution in [-0.4, -0.2) is 62.5 Å². The van der Waals surface area contributed by atoms with Crippen molar-refractivity contribution in [3.8, 4) is 11.4 Å². The number of carbonyl (C=O) groups is 1. The van der Waals surface area contributed by atoms with E-state index in [9.17, 15) is 4.79 Å². The highest BCUT2D eigenvalue weighted by molar-refractivity contribution is 5.78. The third-order valence-electron chi connectivity index (χ3n) is 4.93. The summed E-state index contributed by atoms with van der Waals surface area (Å²) in [4.78, 5) is 16.8. The molecule has 1 aromatic heterocycles. The molecule has 2 aromatic rings. The van der Waals surface area contributed by atoms with Gasteiger partial charge in [0.2, 0.25) is 11.7 Å².